The molecule has 0 radical (unpaired) electrons. The number of fused-ring (bicyclic) bond motifs is 1. The van der Waals surface area contributed by atoms with E-state index in [4.69, 9.17) is 14.2 Å². The van der Waals surface area contributed by atoms with Crippen molar-refractivity contribution in [1.82, 2.24) is 15.1 Å². The number of hydrogen-bond acceptors (Lipinski definition) is 6. The van der Waals surface area contributed by atoms with Crippen molar-refractivity contribution in [2.75, 3.05) is 26.4 Å². The predicted octanol–water partition coefficient (Wildman–Crippen LogP) is 4.94. The number of aromatic amines is 1. The molecule has 8 heteroatoms. The lowest BCUT2D eigenvalue weighted by molar-refractivity contribution is 0.0601. The summed E-state index contributed by atoms with van der Waals surface area (Å²) in [5.41, 5.74) is 3.19. The van der Waals surface area contributed by atoms with Gasteiger partial charge in [-0.05, 0) is 63.9 Å². The largest absolute Gasteiger partial charge is 0.507 e. The fourth-order valence-corrected chi connectivity index (χ4v) is 4.44. The maximum absolute atomic E-state index is 13.5. The molecule has 0 saturated heterocycles. The van der Waals surface area contributed by atoms with Crippen LogP contribution in [0.5, 0.6) is 17.2 Å². The van der Waals surface area contributed by atoms with Crippen LogP contribution >= 0.6 is 0 Å². The van der Waals surface area contributed by atoms with Crippen molar-refractivity contribution in [3.05, 3.63) is 59.3 Å². The minimum atomic E-state index is -0.403. The summed E-state index contributed by atoms with van der Waals surface area (Å²) in [6.07, 6.45) is 0.823. The first kappa shape index (κ1) is 24.6. The molecule has 0 aliphatic carbocycles. The van der Waals surface area contributed by atoms with E-state index in [1.165, 1.54) is 0 Å². The van der Waals surface area contributed by atoms with E-state index < -0.39 is 6.04 Å². The highest BCUT2D eigenvalue weighted by Gasteiger charge is 2.42. The highest BCUT2D eigenvalue weighted by Crippen LogP contribution is 2.45. The number of nitrogens with one attached hydrogen (secondary N) is 1. The summed E-state index contributed by atoms with van der Waals surface area (Å²) >= 11 is 0. The summed E-state index contributed by atoms with van der Waals surface area (Å²) in [4.78, 5) is 15.3. The van der Waals surface area contributed by atoms with Crippen LogP contribution in [0.25, 0.3) is 11.3 Å². The van der Waals surface area contributed by atoms with Crippen LogP contribution < -0.4 is 9.47 Å². The van der Waals surface area contributed by atoms with Crippen LogP contribution in [0.3, 0.4) is 0 Å². The summed E-state index contributed by atoms with van der Waals surface area (Å²) in [6.45, 7) is 9.91. The summed E-state index contributed by atoms with van der Waals surface area (Å²) in [5.74, 6) is 1.27. The van der Waals surface area contributed by atoms with Crippen molar-refractivity contribution >= 4 is 5.91 Å². The number of hydrogen-bond donors (Lipinski definition) is 2. The number of carbonyl (C=O) groups excluding carboxylic acids is 1. The zero-order valence-electron chi connectivity index (χ0n) is 20.7. The number of aromatic nitrogens is 2. The van der Waals surface area contributed by atoms with Gasteiger partial charge in [-0.1, -0.05) is 18.2 Å². The van der Waals surface area contributed by atoms with Gasteiger partial charge in [0.2, 0.25) is 0 Å². The number of benzene rings is 2. The average Bonchev–Trinajstić information content (AvgIpc) is 3.37. The third-order valence-corrected chi connectivity index (χ3v) is 5.90. The van der Waals surface area contributed by atoms with Gasteiger partial charge in [-0.3, -0.25) is 9.89 Å². The second-order valence-electron chi connectivity index (χ2n) is 8.62. The van der Waals surface area contributed by atoms with Crippen LogP contribution in [-0.4, -0.2) is 58.6 Å². The van der Waals surface area contributed by atoms with Crippen LogP contribution in [0.1, 0.15) is 61.8 Å². The van der Waals surface area contributed by atoms with Crippen molar-refractivity contribution in [1.29, 1.82) is 0 Å². The molecule has 1 aliphatic rings. The molecule has 1 amide bonds. The zero-order chi connectivity index (χ0) is 24.9. The number of rotatable bonds is 11. The van der Waals surface area contributed by atoms with E-state index in [-0.39, 0.29) is 17.8 Å². The molecule has 0 saturated carbocycles. The molecule has 1 aliphatic heterocycles. The van der Waals surface area contributed by atoms with Crippen LogP contribution in [0.2, 0.25) is 0 Å². The Hall–Kier alpha value is -3.52. The number of para-hydroxylation sites is 1. The molecule has 2 heterocycles. The molecule has 1 aromatic heterocycles. The molecule has 1 atom stereocenters. The van der Waals surface area contributed by atoms with Crippen molar-refractivity contribution in [2.24, 2.45) is 0 Å². The lowest BCUT2D eigenvalue weighted by Crippen LogP contribution is -2.31. The standard InChI is InChI=1S/C27H33N3O5/c1-5-33-21-13-12-18(16-22(21)34-6-2)26-23-24(19-10-7-8-11-20(19)31)28-29-25(23)27(32)30(26)14-9-15-35-17(3)4/h7-8,10-13,16-17,26,31H,5-6,9,14-15H2,1-4H3,(H,28,29)/t26-/m1/s1. The second kappa shape index (κ2) is 10.8. The molecule has 2 N–H and O–H groups in total. The molecule has 186 valence electrons. The van der Waals surface area contributed by atoms with Crippen LogP contribution in [0, 0.1) is 0 Å². The molecule has 2 aromatic carbocycles. The van der Waals surface area contributed by atoms with E-state index in [0.29, 0.717) is 61.2 Å². The molecular weight excluding hydrogens is 446 g/mol. The monoisotopic (exact) mass is 479 g/mol. The number of amides is 1. The van der Waals surface area contributed by atoms with E-state index in [0.717, 1.165) is 11.1 Å². The van der Waals surface area contributed by atoms with Gasteiger partial charge < -0.3 is 24.2 Å². The Morgan fingerprint density at radius 2 is 1.83 bits per heavy atom. The fraction of sp³-hybridized carbons (Fsp3) is 0.407. The first-order valence-electron chi connectivity index (χ1n) is 12.1. The highest BCUT2D eigenvalue weighted by atomic mass is 16.5. The number of phenols is 1. The van der Waals surface area contributed by atoms with Gasteiger partial charge in [0.25, 0.3) is 5.91 Å². The molecule has 3 aromatic rings. The van der Waals surface area contributed by atoms with E-state index in [9.17, 15) is 9.90 Å². The van der Waals surface area contributed by atoms with E-state index in [2.05, 4.69) is 10.2 Å². The molecule has 4 rings (SSSR count). The van der Waals surface area contributed by atoms with E-state index in [1.807, 2.05) is 56.9 Å². The number of carbonyl (C=O) groups is 1. The molecule has 0 bridgehead atoms. The molecule has 8 nitrogen and oxygen atoms in total. The summed E-state index contributed by atoms with van der Waals surface area (Å²) in [7, 11) is 0. The Morgan fingerprint density at radius 3 is 2.54 bits per heavy atom. The highest BCUT2D eigenvalue weighted by molar-refractivity contribution is 6.00. The average molecular weight is 480 g/mol. The topological polar surface area (TPSA) is 96.9 Å². The minimum absolute atomic E-state index is 0.110. The minimum Gasteiger partial charge on any atom is -0.507 e. The number of phenolic OH excluding ortho intramolecular Hbond substituents is 1. The van der Waals surface area contributed by atoms with Gasteiger partial charge in [-0.2, -0.15) is 5.10 Å². The molecule has 35 heavy (non-hydrogen) atoms. The van der Waals surface area contributed by atoms with Gasteiger partial charge in [0.1, 0.15) is 17.1 Å². The Kier molecular flexibility index (Phi) is 7.60. The van der Waals surface area contributed by atoms with Gasteiger partial charge in [-0.25, -0.2) is 0 Å². The van der Waals surface area contributed by atoms with Crippen LogP contribution in [0.4, 0.5) is 0 Å². The SMILES string of the molecule is CCOc1ccc([C@@H]2c3c(-c4ccccc4O)n[nH]c3C(=O)N2CCCOC(C)C)cc1OCC. The number of nitrogens with zero attached hydrogens (tertiary/aromatic N) is 2. The van der Waals surface area contributed by atoms with Crippen molar-refractivity contribution in [2.45, 2.75) is 46.3 Å². The van der Waals surface area contributed by atoms with Crippen molar-refractivity contribution < 1.29 is 24.1 Å². The summed E-state index contributed by atoms with van der Waals surface area (Å²) < 4.78 is 17.3. The zero-order valence-corrected chi connectivity index (χ0v) is 20.7. The predicted molar refractivity (Wildman–Crippen MR) is 133 cm³/mol. The normalized spacial score (nSPS) is 15.1. The molecule has 0 fully saturated rings. The maximum atomic E-state index is 13.5. The third-order valence-electron chi connectivity index (χ3n) is 5.90. The van der Waals surface area contributed by atoms with Crippen LogP contribution in [0.15, 0.2) is 42.5 Å². The third kappa shape index (κ3) is 4.98. The first-order valence-corrected chi connectivity index (χ1v) is 12.1. The lowest BCUT2D eigenvalue weighted by atomic mass is 9.95. The summed E-state index contributed by atoms with van der Waals surface area (Å²) in [6, 6.07) is 12.4. The first-order chi connectivity index (χ1) is 17.0. The van der Waals surface area contributed by atoms with Crippen molar-refractivity contribution in [3.63, 3.8) is 0 Å². The Labute approximate surface area is 205 Å². The van der Waals surface area contributed by atoms with Gasteiger partial charge in [0, 0.05) is 24.3 Å². The molecule has 0 unspecified atom stereocenters. The fourth-order valence-electron chi connectivity index (χ4n) is 4.44. The Balaban J connectivity index is 1.79. The number of H-pyrrole nitrogens is 1. The Morgan fingerprint density at radius 1 is 1.09 bits per heavy atom. The van der Waals surface area contributed by atoms with E-state index >= 15 is 0 Å². The van der Waals surface area contributed by atoms with E-state index in [1.54, 1.807) is 18.2 Å². The number of aromatic hydroxyl groups is 1. The second-order valence-corrected chi connectivity index (χ2v) is 8.62. The molecule has 0 spiro atoms. The Bertz CT molecular complexity index is 1170. The molecular formula is C27H33N3O5. The summed E-state index contributed by atoms with van der Waals surface area (Å²) in [5, 5.41) is 17.9. The lowest BCUT2D eigenvalue weighted by Gasteiger charge is -2.27. The smallest absolute Gasteiger partial charge is 0.273 e. The van der Waals surface area contributed by atoms with Gasteiger partial charge in [0.15, 0.2) is 11.5 Å². The van der Waals surface area contributed by atoms with Crippen LogP contribution in [-0.2, 0) is 4.74 Å². The van der Waals surface area contributed by atoms with Gasteiger partial charge in [0.05, 0.1) is 25.4 Å². The number of ether oxygens (including phenoxy) is 3. The van der Waals surface area contributed by atoms with Gasteiger partial charge >= 0.3 is 0 Å². The van der Waals surface area contributed by atoms with Crippen molar-refractivity contribution in [3.8, 4) is 28.5 Å². The van der Waals surface area contributed by atoms with Gasteiger partial charge in [-0.15, -0.1) is 0 Å². The maximum Gasteiger partial charge on any atom is 0.273 e. The quantitative estimate of drug-likeness (QED) is 0.378.